The minimum atomic E-state index is -0.156. The minimum Gasteiger partial charge on any atom is -0.354 e. The molecule has 0 unspecified atom stereocenters. The zero-order valence-electron chi connectivity index (χ0n) is 12.5. The first-order chi connectivity index (χ1) is 9.72. The molecule has 1 aliphatic heterocycles. The van der Waals surface area contributed by atoms with E-state index in [-0.39, 0.29) is 11.9 Å². The fourth-order valence-electron chi connectivity index (χ4n) is 2.59. The van der Waals surface area contributed by atoms with E-state index in [1.165, 1.54) is 0 Å². The number of nitrogens with zero attached hydrogens (tertiary/aromatic N) is 2. The molecule has 110 valence electrons. The number of likely N-dealkylation sites (N-methyl/N-ethyl adjacent to an activating group) is 1. The van der Waals surface area contributed by atoms with Gasteiger partial charge in [0.05, 0.1) is 0 Å². The Labute approximate surface area is 121 Å². The molecule has 0 saturated carbocycles. The molecule has 1 aromatic carbocycles. The number of piperazine rings is 1. The van der Waals surface area contributed by atoms with Crippen LogP contribution in [-0.2, 0) is 4.79 Å². The fraction of sp³-hybridized carbons (Fsp3) is 0.562. The number of carbonyl (C=O) groups is 1. The second-order valence-electron chi connectivity index (χ2n) is 5.44. The first-order valence-corrected chi connectivity index (χ1v) is 7.47. The summed E-state index contributed by atoms with van der Waals surface area (Å²) in [6.07, 6.45) is 0.968. The lowest BCUT2D eigenvalue weighted by atomic mass is 10.0. The van der Waals surface area contributed by atoms with Gasteiger partial charge in [-0.2, -0.15) is 0 Å². The van der Waals surface area contributed by atoms with Gasteiger partial charge < -0.3 is 10.2 Å². The van der Waals surface area contributed by atoms with E-state index in [0.717, 1.165) is 44.7 Å². The van der Waals surface area contributed by atoms with Crippen molar-refractivity contribution < 1.29 is 4.79 Å². The van der Waals surface area contributed by atoms with Gasteiger partial charge in [-0.15, -0.1) is 0 Å². The van der Waals surface area contributed by atoms with Crippen LogP contribution in [0.4, 0.5) is 0 Å². The number of hydrogen-bond acceptors (Lipinski definition) is 3. The van der Waals surface area contributed by atoms with E-state index < -0.39 is 0 Å². The van der Waals surface area contributed by atoms with Gasteiger partial charge in [0, 0.05) is 32.7 Å². The van der Waals surface area contributed by atoms with Crippen LogP contribution in [0.2, 0.25) is 0 Å². The maximum absolute atomic E-state index is 12.5. The number of benzene rings is 1. The number of hydrogen-bond donors (Lipinski definition) is 1. The Hall–Kier alpha value is -1.39. The first kappa shape index (κ1) is 15.0. The van der Waals surface area contributed by atoms with E-state index in [4.69, 9.17) is 0 Å². The fourth-order valence-corrected chi connectivity index (χ4v) is 2.59. The maximum Gasteiger partial charge on any atom is 0.241 e. The summed E-state index contributed by atoms with van der Waals surface area (Å²) in [5.74, 6) is 0.127. The third-order valence-corrected chi connectivity index (χ3v) is 3.82. The highest BCUT2D eigenvalue weighted by Crippen LogP contribution is 2.22. The third kappa shape index (κ3) is 3.81. The zero-order chi connectivity index (χ0) is 14.4. The van der Waals surface area contributed by atoms with Gasteiger partial charge in [0.2, 0.25) is 5.91 Å². The van der Waals surface area contributed by atoms with E-state index in [2.05, 4.69) is 41.2 Å². The van der Waals surface area contributed by atoms with Crippen molar-refractivity contribution in [2.45, 2.75) is 19.4 Å². The van der Waals surface area contributed by atoms with Crippen molar-refractivity contribution in [3.8, 4) is 0 Å². The summed E-state index contributed by atoms with van der Waals surface area (Å²) < 4.78 is 0. The molecule has 4 nitrogen and oxygen atoms in total. The van der Waals surface area contributed by atoms with Crippen LogP contribution in [0.25, 0.3) is 0 Å². The number of rotatable bonds is 5. The average molecular weight is 275 g/mol. The van der Waals surface area contributed by atoms with Crippen molar-refractivity contribution in [3.63, 3.8) is 0 Å². The largest absolute Gasteiger partial charge is 0.354 e. The second-order valence-corrected chi connectivity index (χ2v) is 5.44. The van der Waals surface area contributed by atoms with Crippen molar-refractivity contribution >= 4 is 5.91 Å². The molecular weight excluding hydrogens is 250 g/mol. The van der Waals surface area contributed by atoms with Gasteiger partial charge in [-0.1, -0.05) is 37.3 Å². The number of carbonyl (C=O) groups excluding carboxylic acids is 1. The molecule has 0 bridgehead atoms. The molecule has 20 heavy (non-hydrogen) atoms. The zero-order valence-corrected chi connectivity index (χ0v) is 12.5. The molecule has 1 saturated heterocycles. The van der Waals surface area contributed by atoms with Crippen LogP contribution in [0.3, 0.4) is 0 Å². The smallest absolute Gasteiger partial charge is 0.241 e. The monoisotopic (exact) mass is 275 g/mol. The highest BCUT2D eigenvalue weighted by molar-refractivity contribution is 5.83. The van der Waals surface area contributed by atoms with E-state index in [9.17, 15) is 4.79 Å². The average Bonchev–Trinajstić information content (AvgIpc) is 2.48. The second kappa shape index (κ2) is 7.41. The SMILES string of the molecule is CCCNC(=O)[C@@H](c1ccccc1)N1CCN(C)CC1. The van der Waals surface area contributed by atoms with Crippen molar-refractivity contribution in [1.29, 1.82) is 0 Å². The highest BCUT2D eigenvalue weighted by atomic mass is 16.2. The van der Waals surface area contributed by atoms with Gasteiger partial charge >= 0.3 is 0 Å². The van der Waals surface area contributed by atoms with Gasteiger partial charge in [-0.3, -0.25) is 9.69 Å². The summed E-state index contributed by atoms with van der Waals surface area (Å²) in [6.45, 7) is 6.74. The van der Waals surface area contributed by atoms with Crippen molar-refractivity contribution in [3.05, 3.63) is 35.9 Å². The van der Waals surface area contributed by atoms with E-state index >= 15 is 0 Å². The van der Waals surface area contributed by atoms with Gasteiger partial charge in [-0.05, 0) is 19.0 Å². The predicted molar refractivity (Wildman–Crippen MR) is 81.6 cm³/mol. The van der Waals surface area contributed by atoms with E-state index in [1.807, 2.05) is 18.2 Å². The van der Waals surface area contributed by atoms with Crippen LogP contribution in [0.5, 0.6) is 0 Å². The molecule has 1 aromatic rings. The molecule has 1 amide bonds. The predicted octanol–water partition coefficient (Wildman–Crippen LogP) is 1.50. The van der Waals surface area contributed by atoms with E-state index in [0.29, 0.717) is 0 Å². The van der Waals surface area contributed by atoms with Crippen LogP contribution in [0.15, 0.2) is 30.3 Å². The minimum absolute atomic E-state index is 0.127. The normalized spacial score (nSPS) is 18.7. The maximum atomic E-state index is 12.5. The Balaban J connectivity index is 2.13. The van der Waals surface area contributed by atoms with Crippen LogP contribution in [0.1, 0.15) is 24.9 Å². The quantitative estimate of drug-likeness (QED) is 0.884. The lowest BCUT2D eigenvalue weighted by Gasteiger charge is -2.37. The van der Waals surface area contributed by atoms with Crippen molar-refractivity contribution in [2.75, 3.05) is 39.8 Å². The molecule has 1 heterocycles. The van der Waals surface area contributed by atoms with Crippen molar-refractivity contribution in [1.82, 2.24) is 15.1 Å². The summed E-state index contributed by atoms with van der Waals surface area (Å²) in [5, 5.41) is 3.05. The molecule has 0 aromatic heterocycles. The van der Waals surface area contributed by atoms with Crippen LogP contribution < -0.4 is 5.32 Å². The highest BCUT2D eigenvalue weighted by Gasteiger charge is 2.29. The molecule has 0 radical (unpaired) electrons. The lowest BCUT2D eigenvalue weighted by molar-refractivity contribution is -0.127. The molecule has 1 N–H and O–H groups in total. The summed E-state index contributed by atoms with van der Waals surface area (Å²) in [4.78, 5) is 17.1. The van der Waals surface area contributed by atoms with Gasteiger partial charge in [0.1, 0.15) is 6.04 Å². The van der Waals surface area contributed by atoms with E-state index in [1.54, 1.807) is 0 Å². The van der Waals surface area contributed by atoms with Crippen molar-refractivity contribution in [2.24, 2.45) is 0 Å². The van der Waals surface area contributed by atoms with Gasteiger partial charge in [-0.25, -0.2) is 0 Å². The van der Waals surface area contributed by atoms with Crippen LogP contribution in [0, 0.1) is 0 Å². The van der Waals surface area contributed by atoms with Gasteiger partial charge in [0.15, 0.2) is 0 Å². The van der Waals surface area contributed by atoms with Crippen LogP contribution in [-0.4, -0.2) is 55.5 Å². The third-order valence-electron chi connectivity index (χ3n) is 3.82. The Kier molecular flexibility index (Phi) is 5.56. The standard InChI is InChI=1S/C16H25N3O/c1-3-9-17-16(20)15(14-7-5-4-6-8-14)19-12-10-18(2)11-13-19/h4-8,15H,3,9-13H2,1-2H3,(H,17,20)/t15-/m1/s1. The summed E-state index contributed by atoms with van der Waals surface area (Å²) >= 11 is 0. The van der Waals surface area contributed by atoms with Crippen LogP contribution >= 0.6 is 0 Å². The molecule has 0 spiro atoms. The molecule has 4 heteroatoms. The summed E-state index contributed by atoms with van der Waals surface area (Å²) in [7, 11) is 2.13. The number of nitrogens with one attached hydrogen (secondary N) is 1. The topological polar surface area (TPSA) is 35.6 Å². The first-order valence-electron chi connectivity index (χ1n) is 7.47. The molecule has 1 atom stereocenters. The lowest BCUT2D eigenvalue weighted by Crippen LogP contribution is -2.50. The molecule has 2 rings (SSSR count). The number of amides is 1. The molecule has 1 fully saturated rings. The summed E-state index contributed by atoms with van der Waals surface area (Å²) in [6, 6.07) is 9.95. The Morgan fingerprint density at radius 1 is 1.20 bits per heavy atom. The Morgan fingerprint density at radius 3 is 2.45 bits per heavy atom. The Morgan fingerprint density at radius 2 is 1.85 bits per heavy atom. The molecular formula is C16H25N3O. The Bertz CT molecular complexity index is 413. The molecule has 1 aliphatic rings. The van der Waals surface area contributed by atoms with Gasteiger partial charge in [0.25, 0.3) is 0 Å². The summed E-state index contributed by atoms with van der Waals surface area (Å²) in [5.41, 5.74) is 1.09. The molecule has 0 aliphatic carbocycles.